The third-order valence-corrected chi connectivity index (χ3v) is 5.30. The summed E-state index contributed by atoms with van der Waals surface area (Å²) >= 11 is 0. The summed E-state index contributed by atoms with van der Waals surface area (Å²) in [5.41, 5.74) is 0.424. The van der Waals surface area contributed by atoms with Crippen LogP contribution in [0.2, 0.25) is 0 Å². The maximum Gasteiger partial charge on any atom is 0.335 e. The lowest BCUT2D eigenvalue weighted by molar-refractivity contribution is -0.149. The van der Waals surface area contributed by atoms with Crippen LogP contribution < -0.4 is 5.32 Å². The van der Waals surface area contributed by atoms with Crippen LogP contribution in [0.15, 0.2) is 11.1 Å². The summed E-state index contributed by atoms with van der Waals surface area (Å²) in [7, 11) is 0. The van der Waals surface area contributed by atoms with Crippen LogP contribution in [0.1, 0.15) is 65.7 Å². The minimum Gasteiger partial charge on any atom is -0.451 e. The first-order valence-electron chi connectivity index (χ1n) is 9.49. The van der Waals surface area contributed by atoms with Crippen molar-refractivity contribution in [3.8, 4) is 0 Å². The topological polar surface area (TPSA) is 58.6 Å². The van der Waals surface area contributed by atoms with Crippen LogP contribution in [-0.4, -0.2) is 48.6 Å². The molecule has 1 spiro atoms. The van der Waals surface area contributed by atoms with Crippen molar-refractivity contribution < 1.29 is 14.3 Å². The number of hydrogen-bond acceptors (Lipinski definition) is 4. The molecule has 0 bridgehead atoms. The molecule has 1 saturated carbocycles. The maximum atomic E-state index is 12.7. The normalized spacial score (nSPS) is 19.9. The molecule has 0 atom stereocenters. The van der Waals surface area contributed by atoms with Gasteiger partial charge in [-0.25, -0.2) is 4.79 Å². The van der Waals surface area contributed by atoms with E-state index in [0.717, 1.165) is 51.7 Å². The minimum absolute atomic E-state index is 0.119. The van der Waals surface area contributed by atoms with Crippen LogP contribution in [0.3, 0.4) is 0 Å². The molecule has 1 fully saturated rings. The van der Waals surface area contributed by atoms with E-state index in [1.54, 1.807) is 6.92 Å². The van der Waals surface area contributed by atoms with Crippen molar-refractivity contribution in [2.45, 2.75) is 71.3 Å². The van der Waals surface area contributed by atoms with Gasteiger partial charge in [-0.05, 0) is 52.1 Å². The molecule has 0 radical (unpaired) electrons. The molecule has 0 saturated heterocycles. The monoisotopic (exact) mass is 336 g/mol. The molecule has 0 unspecified atom stereocenters. The number of likely N-dealkylation sites (N-methyl/N-ethyl adjacent to an activating group) is 1. The number of nitrogens with one attached hydrogen (secondary N) is 1. The Bertz CT molecular complexity index is 493. The lowest BCUT2D eigenvalue weighted by Crippen LogP contribution is -2.43. The number of amides is 1. The summed E-state index contributed by atoms with van der Waals surface area (Å²) in [5.74, 6) is -0.438. The van der Waals surface area contributed by atoms with Gasteiger partial charge >= 0.3 is 5.97 Å². The van der Waals surface area contributed by atoms with Crippen molar-refractivity contribution in [3.63, 3.8) is 0 Å². The van der Waals surface area contributed by atoms with Gasteiger partial charge < -0.3 is 15.0 Å². The lowest BCUT2D eigenvalue weighted by atomic mass is 9.78. The number of unbranched alkanes of at least 4 members (excludes halogenated alkanes) is 1. The molecule has 0 aromatic rings. The number of ether oxygens (including phenoxy) is 1. The standard InChI is InChI=1S/C19H32N2O3/c1-4-6-13-21(5-2)14-12-20-17(22)16-15(3)18(23)24-19(16)10-8-7-9-11-19/h4-14H2,1-3H3,(H,20,22). The van der Waals surface area contributed by atoms with Crippen LogP contribution >= 0.6 is 0 Å². The maximum absolute atomic E-state index is 12.7. The van der Waals surface area contributed by atoms with E-state index < -0.39 is 5.60 Å². The van der Waals surface area contributed by atoms with E-state index in [-0.39, 0.29) is 11.9 Å². The molecule has 1 aliphatic heterocycles. The average molecular weight is 336 g/mol. The fourth-order valence-corrected chi connectivity index (χ4v) is 3.83. The van der Waals surface area contributed by atoms with Gasteiger partial charge in [0.05, 0.1) is 5.57 Å². The van der Waals surface area contributed by atoms with Gasteiger partial charge in [0.2, 0.25) is 0 Å². The van der Waals surface area contributed by atoms with Crippen molar-refractivity contribution in [1.82, 2.24) is 10.2 Å². The summed E-state index contributed by atoms with van der Waals surface area (Å²) in [6, 6.07) is 0. The average Bonchev–Trinajstić information content (AvgIpc) is 2.81. The zero-order chi connectivity index (χ0) is 17.6. The number of carbonyl (C=O) groups excluding carboxylic acids is 2. The molecule has 2 aliphatic rings. The molecule has 136 valence electrons. The van der Waals surface area contributed by atoms with Gasteiger partial charge in [0, 0.05) is 18.7 Å². The first kappa shape index (κ1) is 19.0. The molecule has 1 heterocycles. The second-order valence-electron chi connectivity index (χ2n) is 6.99. The third-order valence-electron chi connectivity index (χ3n) is 5.30. The van der Waals surface area contributed by atoms with Crippen LogP contribution in [0, 0.1) is 0 Å². The van der Waals surface area contributed by atoms with E-state index in [4.69, 9.17) is 4.74 Å². The predicted molar refractivity (Wildman–Crippen MR) is 94.6 cm³/mol. The Kier molecular flexibility index (Phi) is 6.84. The number of carbonyl (C=O) groups is 2. The van der Waals surface area contributed by atoms with E-state index in [2.05, 4.69) is 24.1 Å². The van der Waals surface area contributed by atoms with E-state index in [1.807, 2.05) is 0 Å². The van der Waals surface area contributed by atoms with Crippen LogP contribution in [0.4, 0.5) is 0 Å². The van der Waals surface area contributed by atoms with Gasteiger partial charge in [-0.2, -0.15) is 0 Å². The van der Waals surface area contributed by atoms with Gasteiger partial charge in [-0.3, -0.25) is 4.79 Å². The molecule has 1 amide bonds. The molecule has 5 nitrogen and oxygen atoms in total. The molecule has 1 aliphatic carbocycles. The van der Waals surface area contributed by atoms with Crippen LogP contribution in [-0.2, 0) is 14.3 Å². The second kappa shape index (κ2) is 8.65. The largest absolute Gasteiger partial charge is 0.451 e. The number of esters is 1. The smallest absolute Gasteiger partial charge is 0.335 e. The summed E-state index contributed by atoms with van der Waals surface area (Å²) in [4.78, 5) is 27.1. The zero-order valence-corrected chi connectivity index (χ0v) is 15.5. The first-order chi connectivity index (χ1) is 11.5. The highest BCUT2D eigenvalue weighted by Crippen LogP contribution is 2.43. The van der Waals surface area contributed by atoms with Crippen molar-refractivity contribution in [2.24, 2.45) is 0 Å². The third kappa shape index (κ3) is 4.18. The molecule has 5 heteroatoms. The van der Waals surface area contributed by atoms with Gasteiger partial charge in [-0.1, -0.05) is 26.7 Å². The zero-order valence-electron chi connectivity index (χ0n) is 15.5. The SMILES string of the molecule is CCCCN(CC)CCNC(=O)C1=C(C)C(=O)OC12CCCCC2. The Morgan fingerprint density at radius 3 is 2.54 bits per heavy atom. The van der Waals surface area contributed by atoms with Crippen molar-refractivity contribution in [3.05, 3.63) is 11.1 Å². The van der Waals surface area contributed by atoms with E-state index >= 15 is 0 Å². The summed E-state index contributed by atoms with van der Waals surface area (Å²) in [5, 5.41) is 3.02. The Hall–Kier alpha value is -1.36. The summed E-state index contributed by atoms with van der Waals surface area (Å²) in [6.07, 6.45) is 7.08. The van der Waals surface area contributed by atoms with Gasteiger partial charge in [0.25, 0.3) is 5.91 Å². The molecular formula is C19H32N2O3. The van der Waals surface area contributed by atoms with Gasteiger partial charge in [-0.15, -0.1) is 0 Å². The molecule has 0 aromatic carbocycles. The first-order valence-corrected chi connectivity index (χ1v) is 9.49. The van der Waals surface area contributed by atoms with E-state index in [0.29, 0.717) is 17.7 Å². The van der Waals surface area contributed by atoms with Gasteiger partial charge in [0.15, 0.2) is 0 Å². The van der Waals surface area contributed by atoms with Crippen LogP contribution in [0.25, 0.3) is 0 Å². The molecule has 24 heavy (non-hydrogen) atoms. The summed E-state index contributed by atoms with van der Waals surface area (Å²) in [6.45, 7) is 9.56. The van der Waals surface area contributed by atoms with Gasteiger partial charge in [0.1, 0.15) is 5.60 Å². The highest BCUT2D eigenvalue weighted by Gasteiger charge is 2.49. The van der Waals surface area contributed by atoms with Crippen molar-refractivity contribution >= 4 is 11.9 Å². The van der Waals surface area contributed by atoms with Crippen molar-refractivity contribution in [1.29, 1.82) is 0 Å². The molecule has 1 N–H and O–H groups in total. The predicted octanol–water partition coefficient (Wildman–Crippen LogP) is 2.80. The minimum atomic E-state index is -0.657. The Morgan fingerprint density at radius 1 is 1.21 bits per heavy atom. The quantitative estimate of drug-likeness (QED) is 0.693. The lowest BCUT2D eigenvalue weighted by Gasteiger charge is -2.34. The fraction of sp³-hybridized carbons (Fsp3) is 0.789. The Labute approximate surface area is 145 Å². The number of rotatable bonds is 8. The number of hydrogen-bond donors (Lipinski definition) is 1. The fourth-order valence-electron chi connectivity index (χ4n) is 3.83. The highest BCUT2D eigenvalue weighted by molar-refractivity contribution is 6.07. The number of nitrogens with zero attached hydrogens (tertiary/aromatic N) is 1. The Morgan fingerprint density at radius 2 is 1.92 bits per heavy atom. The second-order valence-corrected chi connectivity index (χ2v) is 6.99. The van der Waals surface area contributed by atoms with Crippen LogP contribution in [0.5, 0.6) is 0 Å². The highest BCUT2D eigenvalue weighted by atomic mass is 16.6. The molecule has 2 rings (SSSR count). The molecular weight excluding hydrogens is 304 g/mol. The molecule has 0 aromatic heterocycles. The van der Waals surface area contributed by atoms with E-state index in [1.165, 1.54) is 12.8 Å². The van der Waals surface area contributed by atoms with Crippen molar-refractivity contribution in [2.75, 3.05) is 26.2 Å². The summed E-state index contributed by atoms with van der Waals surface area (Å²) < 4.78 is 5.65. The van der Waals surface area contributed by atoms with E-state index in [9.17, 15) is 9.59 Å². The Balaban J connectivity index is 1.95.